The third-order valence-corrected chi connectivity index (χ3v) is 5.26. The number of rotatable bonds is 9. The van der Waals surface area contributed by atoms with E-state index >= 15 is 0 Å². The van der Waals surface area contributed by atoms with E-state index in [1.54, 1.807) is 0 Å². The van der Waals surface area contributed by atoms with Gasteiger partial charge in [-0.3, -0.25) is 4.99 Å². The normalized spacial score (nSPS) is 18.5. The monoisotopic (exact) mass is 502 g/mol. The molecule has 1 aromatic rings. The van der Waals surface area contributed by atoms with Crippen LogP contribution in [0.5, 0.6) is 5.75 Å². The maximum absolute atomic E-state index is 6.11. The van der Waals surface area contributed by atoms with Gasteiger partial charge in [-0.25, -0.2) is 0 Å². The number of aliphatic imine (C=N–C) groups is 1. The van der Waals surface area contributed by atoms with E-state index in [2.05, 4.69) is 66.4 Å². The van der Waals surface area contributed by atoms with Gasteiger partial charge < -0.3 is 20.3 Å². The minimum Gasteiger partial charge on any atom is -0.490 e. The molecule has 2 atom stereocenters. The molecule has 1 aliphatic heterocycles. The molecule has 0 saturated carbocycles. The van der Waals surface area contributed by atoms with E-state index in [9.17, 15) is 0 Å². The summed E-state index contributed by atoms with van der Waals surface area (Å²) in [6.45, 7) is 13.9. The van der Waals surface area contributed by atoms with Gasteiger partial charge in [-0.05, 0) is 63.7 Å². The third kappa shape index (κ3) is 8.15. The van der Waals surface area contributed by atoms with Crippen LogP contribution in [0.15, 0.2) is 23.2 Å². The Labute approximate surface area is 188 Å². The fourth-order valence-corrected chi connectivity index (χ4v) is 3.46. The van der Waals surface area contributed by atoms with Gasteiger partial charge >= 0.3 is 0 Å². The Morgan fingerprint density at radius 2 is 2.11 bits per heavy atom. The Bertz CT molecular complexity index is 608. The van der Waals surface area contributed by atoms with E-state index in [1.165, 1.54) is 43.6 Å². The average Bonchev–Trinajstić information content (AvgIpc) is 3.11. The van der Waals surface area contributed by atoms with E-state index in [0.29, 0.717) is 12.5 Å². The molecule has 0 bridgehead atoms. The number of hydrogen-bond donors (Lipinski definition) is 2. The van der Waals surface area contributed by atoms with Crippen molar-refractivity contribution < 1.29 is 4.74 Å². The molecule has 2 unspecified atom stereocenters. The first-order chi connectivity index (χ1) is 13.0. The van der Waals surface area contributed by atoms with Crippen molar-refractivity contribution in [2.75, 3.05) is 33.2 Å². The zero-order chi connectivity index (χ0) is 19.6. The molecular weight excluding hydrogens is 463 g/mol. The van der Waals surface area contributed by atoms with Crippen LogP contribution in [0.3, 0.4) is 0 Å². The van der Waals surface area contributed by atoms with Crippen LogP contribution in [-0.2, 0) is 6.54 Å². The minimum absolute atomic E-state index is 0. The molecule has 5 nitrogen and oxygen atoms in total. The number of halogens is 1. The van der Waals surface area contributed by atoms with Crippen LogP contribution in [0.1, 0.15) is 51.2 Å². The van der Waals surface area contributed by atoms with Crippen LogP contribution in [-0.4, -0.2) is 50.2 Å². The van der Waals surface area contributed by atoms with Crippen LogP contribution < -0.4 is 15.4 Å². The summed E-state index contributed by atoms with van der Waals surface area (Å²) in [7, 11) is 1.83. The standard InChI is InChI=1S/C22H38N4O.HI/c1-6-11-26-12-10-19(16-26)14-24-22(23-5)25-15-20-9-8-17(3)13-21(20)27-18(4)7-2;/h8-9,13,18-19H,6-7,10-12,14-16H2,1-5H3,(H2,23,24,25);1H. The minimum atomic E-state index is 0. The Balaban J connectivity index is 0.00000392. The number of nitrogens with zero attached hydrogens (tertiary/aromatic N) is 2. The van der Waals surface area contributed by atoms with E-state index in [-0.39, 0.29) is 30.1 Å². The molecule has 0 amide bonds. The molecule has 2 rings (SSSR count). The number of benzene rings is 1. The van der Waals surface area contributed by atoms with Gasteiger partial charge in [0, 0.05) is 32.2 Å². The number of aryl methyl sites for hydroxylation is 1. The highest BCUT2D eigenvalue weighted by molar-refractivity contribution is 14.0. The molecule has 1 fully saturated rings. The highest BCUT2D eigenvalue weighted by Crippen LogP contribution is 2.22. The van der Waals surface area contributed by atoms with Gasteiger partial charge in [0.2, 0.25) is 0 Å². The van der Waals surface area contributed by atoms with Gasteiger partial charge in [-0.1, -0.05) is 26.0 Å². The van der Waals surface area contributed by atoms with Crippen LogP contribution in [0.4, 0.5) is 0 Å². The Kier molecular flexibility index (Phi) is 11.8. The fraction of sp³-hybridized carbons (Fsp3) is 0.682. The molecule has 1 aromatic carbocycles. The predicted molar refractivity (Wildman–Crippen MR) is 130 cm³/mol. The summed E-state index contributed by atoms with van der Waals surface area (Å²) in [6.07, 6.45) is 3.73. The first kappa shape index (κ1) is 25.0. The molecule has 1 aliphatic rings. The second kappa shape index (κ2) is 13.2. The average molecular weight is 502 g/mol. The first-order valence-electron chi connectivity index (χ1n) is 10.5. The van der Waals surface area contributed by atoms with E-state index in [0.717, 1.165) is 24.7 Å². The summed E-state index contributed by atoms with van der Waals surface area (Å²) in [6, 6.07) is 6.41. The van der Waals surface area contributed by atoms with Gasteiger partial charge in [0.05, 0.1) is 6.10 Å². The van der Waals surface area contributed by atoms with Gasteiger partial charge in [0.25, 0.3) is 0 Å². The van der Waals surface area contributed by atoms with E-state index in [4.69, 9.17) is 4.74 Å². The lowest BCUT2D eigenvalue weighted by Gasteiger charge is -2.19. The van der Waals surface area contributed by atoms with Crippen molar-refractivity contribution in [1.82, 2.24) is 15.5 Å². The second-order valence-electron chi connectivity index (χ2n) is 7.71. The van der Waals surface area contributed by atoms with Gasteiger partial charge in [0.15, 0.2) is 5.96 Å². The van der Waals surface area contributed by atoms with Crippen molar-refractivity contribution in [3.63, 3.8) is 0 Å². The molecule has 0 radical (unpaired) electrons. The van der Waals surface area contributed by atoms with Crippen molar-refractivity contribution in [3.05, 3.63) is 29.3 Å². The van der Waals surface area contributed by atoms with Crippen molar-refractivity contribution in [2.45, 2.75) is 59.6 Å². The van der Waals surface area contributed by atoms with Crippen LogP contribution in [0, 0.1) is 12.8 Å². The van der Waals surface area contributed by atoms with Gasteiger partial charge in [-0.15, -0.1) is 24.0 Å². The first-order valence-corrected chi connectivity index (χ1v) is 10.5. The zero-order valence-electron chi connectivity index (χ0n) is 18.3. The third-order valence-electron chi connectivity index (χ3n) is 5.26. The maximum Gasteiger partial charge on any atom is 0.191 e. The Hall–Kier alpha value is -1.02. The van der Waals surface area contributed by atoms with Crippen LogP contribution >= 0.6 is 24.0 Å². The number of nitrogens with one attached hydrogen (secondary N) is 2. The zero-order valence-corrected chi connectivity index (χ0v) is 20.6. The summed E-state index contributed by atoms with van der Waals surface area (Å²) in [4.78, 5) is 6.95. The number of hydrogen-bond acceptors (Lipinski definition) is 3. The summed E-state index contributed by atoms with van der Waals surface area (Å²) in [5.41, 5.74) is 2.39. The highest BCUT2D eigenvalue weighted by Gasteiger charge is 2.21. The molecule has 1 saturated heterocycles. The molecule has 160 valence electrons. The quantitative estimate of drug-likeness (QED) is 0.302. The Morgan fingerprint density at radius 1 is 1.32 bits per heavy atom. The van der Waals surface area contributed by atoms with Crippen molar-refractivity contribution >= 4 is 29.9 Å². The number of guanidine groups is 1. The van der Waals surface area contributed by atoms with E-state index < -0.39 is 0 Å². The predicted octanol–water partition coefficient (Wildman–Crippen LogP) is 4.19. The molecular formula is C22H39IN4O. The van der Waals surface area contributed by atoms with Gasteiger partial charge in [0.1, 0.15) is 5.75 Å². The summed E-state index contributed by atoms with van der Waals surface area (Å²) in [5.74, 6) is 2.54. The molecule has 6 heteroatoms. The van der Waals surface area contributed by atoms with Crippen LogP contribution in [0.25, 0.3) is 0 Å². The molecule has 1 heterocycles. The highest BCUT2D eigenvalue weighted by atomic mass is 127. The van der Waals surface area contributed by atoms with Gasteiger partial charge in [-0.2, -0.15) is 0 Å². The molecule has 2 N–H and O–H groups in total. The van der Waals surface area contributed by atoms with Crippen molar-refractivity contribution in [2.24, 2.45) is 10.9 Å². The lowest BCUT2D eigenvalue weighted by atomic mass is 10.1. The molecule has 0 aromatic heterocycles. The SMILES string of the molecule is CCCN1CCC(CNC(=NC)NCc2ccc(C)cc2OC(C)CC)C1.I. The lowest BCUT2D eigenvalue weighted by Crippen LogP contribution is -2.40. The summed E-state index contributed by atoms with van der Waals surface area (Å²) < 4.78 is 6.11. The summed E-state index contributed by atoms with van der Waals surface area (Å²) >= 11 is 0. The molecule has 0 aliphatic carbocycles. The molecule has 28 heavy (non-hydrogen) atoms. The topological polar surface area (TPSA) is 48.9 Å². The summed E-state index contributed by atoms with van der Waals surface area (Å²) in [5, 5.41) is 6.94. The second-order valence-corrected chi connectivity index (χ2v) is 7.71. The van der Waals surface area contributed by atoms with E-state index in [1.807, 2.05) is 7.05 Å². The van der Waals surface area contributed by atoms with Crippen molar-refractivity contribution in [1.29, 1.82) is 0 Å². The Morgan fingerprint density at radius 3 is 2.79 bits per heavy atom. The smallest absolute Gasteiger partial charge is 0.191 e. The number of likely N-dealkylation sites (tertiary alicyclic amines) is 1. The van der Waals surface area contributed by atoms with Crippen molar-refractivity contribution in [3.8, 4) is 5.75 Å². The number of ether oxygens (including phenoxy) is 1. The largest absolute Gasteiger partial charge is 0.490 e. The molecule has 0 spiro atoms. The lowest BCUT2D eigenvalue weighted by molar-refractivity contribution is 0.215. The fourth-order valence-electron chi connectivity index (χ4n) is 3.46. The van der Waals surface area contributed by atoms with Crippen LogP contribution in [0.2, 0.25) is 0 Å². The maximum atomic E-state index is 6.11.